The number of methoxy groups -OCH3 is 2. The van der Waals surface area contributed by atoms with Crippen LogP contribution in [0.4, 0.5) is 0 Å². The smallest absolute Gasteiger partial charge is 0.241 e. The number of phenolic OH excluding ortho intramolecular Hbond substituents is 1. The topological polar surface area (TPSA) is 85.0 Å². The summed E-state index contributed by atoms with van der Waals surface area (Å²) in [4.78, 5) is 13.4. The van der Waals surface area contributed by atoms with Gasteiger partial charge in [-0.25, -0.2) is 0 Å². The second-order valence-electron chi connectivity index (χ2n) is 4.26. The lowest BCUT2D eigenvalue weighted by molar-refractivity contribution is -0.132. The number of amides is 1. The minimum absolute atomic E-state index is 0. The number of nitrogens with zero attached hydrogens (tertiary/aromatic N) is 1. The molecule has 1 unspecified atom stereocenters. The first-order chi connectivity index (χ1) is 8.99. The summed E-state index contributed by atoms with van der Waals surface area (Å²) in [5.41, 5.74) is 6.52. The fraction of sp³-hybridized carbons (Fsp3) is 0.462. The molecule has 0 spiro atoms. The summed E-state index contributed by atoms with van der Waals surface area (Å²) in [7, 11) is 4.64. The van der Waals surface area contributed by atoms with E-state index in [2.05, 4.69) is 0 Å². The lowest BCUT2D eigenvalue weighted by Gasteiger charge is -2.21. The van der Waals surface area contributed by atoms with Crippen LogP contribution in [0.25, 0.3) is 0 Å². The van der Waals surface area contributed by atoms with Crippen molar-refractivity contribution >= 4 is 18.3 Å². The van der Waals surface area contributed by atoms with Crippen molar-refractivity contribution in [2.75, 3.05) is 27.9 Å². The molecular formula is C13H21ClN2O4. The van der Waals surface area contributed by atoms with E-state index in [4.69, 9.17) is 15.2 Å². The number of nitrogens with two attached hydrogens (primary N) is 1. The molecule has 3 N–H and O–H groups in total. The zero-order chi connectivity index (χ0) is 14.4. The van der Waals surface area contributed by atoms with Crippen molar-refractivity contribution in [1.82, 2.24) is 4.90 Å². The second-order valence-corrected chi connectivity index (χ2v) is 4.26. The number of hydrogen-bond donors (Lipinski definition) is 2. The van der Waals surface area contributed by atoms with Crippen LogP contribution < -0.4 is 10.5 Å². The fourth-order valence-corrected chi connectivity index (χ4v) is 1.71. The van der Waals surface area contributed by atoms with Gasteiger partial charge in [0.05, 0.1) is 13.7 Å². The number of rotatable bonds is 6. The minimum atomic E-state index is -0.672. The van der Waals surface area contributed by atoms with E-state index in [0.717, 1.165) is 5.56 Å². The van der Waals surface area contributed by atoms with Gasteiger partial charge in [0.15, 0.2) is 11.5 Å². The van der Waals surface area contributed by atoms with E-state index in [1.165, 1.54) is 25.2 Å². The molecule has 1 rings (SSSR count). The van der Waals surface area contributed by atoms with Crippen LogP contribution in [0.3, 0.4) is 0 Å². The molecule has 0 aliphatic heterocycles. The summed E-state index contributed by atoms with van der Waals surface area (Å²) >= 11 is 0. The standard InChI is InChI=1S/C13H20N2O4.ClH/c1-15(13(17)10(14)8-18-2)7-9-4-5-11(16)12(6-9)19-3;/h4-6,10,16H,7-8,14H2,1-3H3;1H. The highest BCUT2D eigenvalue weighted by atomic mass is 35.5. The highest BCUT2D eigenvalue weighted by Gasteiger charge is 2.18. The molecule has 0 saturated carbocycles. The van der Waals surface area contributed by atoms with Crippen LogP contribution in [-0.2, 0) is 16.1 Å². The third-order valence-electron chi connectivity index (χ3n) is 2.70. The molecule has 1 aromatic carbocycles. The average Bonchev–Trinajstić information content (AvgIpc) is 2.40. The van der Waals surface area contributed by atoms with Crippen molar-refractivity contribution in [3.8, 4) is 11.5 Å². The molecular weight excluding hydrogens is 284 g/mol. The van der Waals surface area contributed by atoms with Gasteiger partial charge in [-0.05, 0) is 17.7 Å². The number of aromatic hydroxyl groups is 1. The Kier molecular flexibility index (Phi) is 7.98. The summed E-state index contributed by atoms with van der Waals surface area (Å²) in [6.45, 7) is 0.564. The number of carbonyl (C=O) groups excluding carboxylic acids is 1. The quantitative estimate of drug-likeness (QED) is 0.810. The van der Waals surface area contributed by atoms with Gasteiger partial charge in [-0.3, -0.25) is 4.79 Å². The summed E-state index contributed by atoms with van der Waals surface area (Å²) in [5.74, 6) is 0.241. The number of halogens is 1. The van der Waals surface area contributed by atoms with E-state index in [1.807, 2.05) is 0 Å². The Bertz CT molecular complexity index is 442. The number of likely N-dealkylation sites (N-methyl/N-ethyl adjacent to an activating group) is 1. The van der Waals surface area contributed by atoms with E-state index >= 15 is 0 Å². The molecule has 0 aliphatic carbocycles. The first-order valence-corrected chi connectivity index (χ1v) is 5.85. The molecule has 0 fully saturated rings. The summed E-state index contributed by atoms with van der Waals surface area (Å²) in [5, 5.41) is 9.49. The van der Waals surface area contributed by atoms with Gasteiger partial charge >= 0.3 is 0 Å². The van der Waals surface area contributed by atoms with Crippen LogP contribution >= 0.6 is 12.4 Å². The number of benzene rings is 1. The lowest BCUT2D eigenvalue weighted by Crippen LogP contribution is -2.44. The maximum Gasteiger partial charge on any atom is 0.241 e. The molecule has 20 heavy (non-hydrogen) atoms. The predicted molar refractivity (Wildman–Crippen MR) is 78.2 cm³/mol. The maximum atomic E-state index is 11.9. The Hall–Kier alpha value is -1.50. The third kappa shape index (κ3) is 4.88. The molecule has 1 aromatic rings. The molecule has 1 amide bonds. The van der Waals surface area contributed by atoms with E-state index in [-0.39, 0.29) is 30.7 Å². The maximum absolute atomic E-state index is 11.9. The zero-order valence-corrected chi connectivity index (χ0v) is 12.6. The minimum Gasteiger partial charge on any atom is -0.504 e. The van der Waals surface area contributed by atoms with E-state index in [1.54, 1.807) is 19.2 Å². The molecule has 0 saturated heterocycles. The number of phenols is 1. The van der Waals surface area contributed by atoms with Crippen LogP contribution in [0.15, 0.2) is 18.2 Å². The first kappa shape index (κ1) is 18.5. The normalized spacial score (nSPS) is 11.4. The third-order valence-corrected chi connectivity index (χ3v) is 2.70. The Morgan fingerprint density at radius 3 is 2.65 bits per heavy atom. The lowest BCUT2D eigenvalue weighted by atomic mass is 10.2. The van der Waals surface area contributed by atoms with Crippen LogP contribution in [0.5, 0.6) is 11.5 Å². The summed E-state index contributed by atoms with van der Waals surface area (Å²) < 4.78 is 9.87. The molecule has 0 heterocycles. The first-order valence-electron chi connectivity index (χ1n) is 5.85. The molecule has 0 aromatic heterocycles. The average molecular weight is 305 g/mol. The molecule has 7 heteroatoms. The predicted octanol–water partition coefficient (Wildman–Crippen LogP) is 0.755. The Morgan fingerprint density at radius 1 is 1.45 bits per heavy atom. The van der Waals surface area contributed by atoms with Crippen molar-refractivity contribution in [1.29, 1.82) is 0 Å². The van der Waals surface area contributed by atoms with E-state index in [0.29, 0.717) is 12.3 Å². The van der Waals surface area contributed by atoms with Gasteiger partial charge < -0.3 is 25.2 Å². The van der Waals surface area contributed by atoms with Gasteiger partial charge in [0.1, 0.15) is 6.04 Å². The second kappa shape index (κ2) is 8.63. The largest absolute Gasteiger partial charge is 0.504 e. The van der Waals surface area contributed by atoms with Crippen LogP contribution in [-0.4, -0.2) is 49.8 Å². The fourth-order valence-electron chi connectivity index (χ4n) is 1.71. The van der Waals surface area contributed by atoms with Crippen molar-refractivity contribution in [2.45, 2.75) is 12.6 Å². The van der Waals surface area contributed by atoms with E-state index in [9.17, 15) is 9.90 Å². The van der Waals surface area contributed by atoms with Gasteiger partial charge in [-0.2, -0.15) is 0 Å². The number of hydrogen-bond acceptors (Lipinski definition) is 5. The van der Waals surface area contributed by atoms with Crippen LogP contribution in [0.2, 0.25) is 0 Å². The Labute approximate surface area is 124 Å². The molecule has 1 atom stereocenters. The molecule has 6 nitrogen and oxygen atoms in total. The van der Waals surface area contributed by atoms with Gasteiger partial charge in [0, 0.05) is 20.7 Å². The number of ether oxygens (including phenoxy) is 2. The Balaban J connectivity index is 0.00000361. The highest BCUT2D eigenvalue weighted by molar-refractivity contribution is 5.85. The zero-order valence-electron chi connectivity index (χ0n) is 11.8. The monoisotopic (exact) mass is 304 g/mol. The van der Waals surface area contributed by atoms with Crippen LogP contribution in [0, 0.1) is 0 Å². The highest BCUT2D eigenvalue weighted by Crippen LogP contribution is 2.26. The molecule has 0 radical (unpaired) electrons. The molecule has 0 bridgehead atoms. The summed E-state index contributed by atoms with van der Waals surface area (Å²) in [6, 6.07) is 4.26. The number of carbonyl (C=O) groups is 1. The van der Waals surface area contributed by atoms with Crippen molar-refractivity contribution in [3.63, 3.8) is 0 Å². The van der Waals surface area contributed by atoms with Gasteiger partial charge in [-0.15, -0.1) is 12.4 Å². The van der Waals surface area contributed by atoms with Crippen LogP contribution in [0.1, 0.15) is 5.56 Å². The van der Waals surface area contributed by atoms with Gasteiger partial charge in [0.2, 0.25) is 5.91 Å². The molecule has 0 aliphatic rings. The molecule has 114 valence electrons. The van der Waals surface area contributed by atoms with Crippen molar-refractivity contribution in [3.05, 3.63) is 23.8 Å². The van der Waals surface area contributed by atoms with Crippen molar-refractivity contribution in [2.24, 2.45) is 5.73 Å². The Morgan fingerprint density at radius 2 is 2.10 bits per heavy atom. The SMILES string of the molecule is COCC(N)C(=O)N(C)Cc1ccc(O)c(OC)c1.Cl. The van der Waals surface area contributed by atoms with Crippen molar-refractivity contribution < 1.29 is 19.4 Å². The van der Waals surface area contributed by atoms with Gasteiger partial charge in [0.25, 0.3) is 0 Å². The summed E-state index contributed by atoms with van der Waals surface area (Å²) in [6.07, 6.45) is 0. The van der Waals surface area contributed by atoms with Gasteiger partial charge in [-0.1, -0.05) is 6.07 Å². The van der Waals surface area contributed by atoms with E-state index < -0.39 is 6.04 Å².